The van der Waals surface area contributed by atoms with Crippen LogP contribution in [0.3, 0.4) is 0 Å². The number of rotatable bonds is 7. The summed E-state index contributed by atoms with van der Waals surface area (Å²) in [6.45, 7) is 9.20. The monoisotopic (exact) mass is 693 g/mol. The minimum atomic E-state index is -0.328. The molecular formula is C17H18I3N3O3. The molecule has 0 heterocycles. The Kier molecular flexibility index (Phi) is 9.50. The second-order valence-corrected chi connectivity index (χ2v) is 8.35. The fourth-order valence-corrected chi connectivity index (χ4v) is 6.88. The van der Waals surface area contributed by atoms with Crippen molar-refractivity contribution in [1.29, 1.82) is 0 Å². The van der Waals surface area contributed by atoms with E-state index in [0.29, 0.717) is 40.6 Å². The highest BCUT2D eigenvalue weighted by atomic mass is 127. The number of halogens is 3. The SMILES string of the molecule is C=CCNC(=O)c1c(I)c(C(=O)NCC=C)c(I)c(N(C)C(C)=O)c1I. The van der Waals surface area contributed by atoms with Crippen molar-refractivity contribution in [2.45, 2.75) is 6.92 Å². The summed E-state index contributed by atoms with van der Waals surface area (Å²) >= 11 is 6.07. The molecule has 26 heavy (non-hydrogen) atoms. The molecular weight excluding hydrogens is 675 g/mol. The van der Waals surface area contributed by atoms with Crippen LogP contribution in [0.25, 0.3) is 0 Å². The van der Waals surface area contributed by atoms with Crippen molar-refractivity contribution in [3.63, 3.8) is 0 Å². The van der Waals surface area contributed by atoms with E-state index in [2.05, 4.69) is 23.8 Å². The molecule has 0 spiro atoms. The Morgan fingerprint density at radius 1 is 0.923 bits per heavy atom. The Morgan fingerprint density at radius 3 is 1.62 bits per heavy atom. The topological polar surface area (TPSA) is 78.5 Å². The number of hydrogen-bond donors (Lipinski definition) is 2. The van der Waals surface area contributed by atoms with Crippen LogP contribution >= 0.6 is 67.8 Å². The number of benzene rings is 1. The van der Waals surface area contributed by atoms with Crippen LogP contribution < -0.4 is 15.5 Å². The zero-order chi connectivity index (χ0) is 20.0. The normalized spacial score (nSPS) is 10.0. The summed E-state index contributed by atoms with van der Waals surface area (Å²) < 4.78 is 1.74. The zero-order valence-electron chi connectivity index (χ0n) is 14.3. The van der Waals surface area contributed by atoms with Gasteiger partial charge in [0.05, 0.1) is 24.0 Å². The molecule has 9 heteroatoms. The standard InChI is InChI=1S/C17H18I3N3O3/c1-5-7-21-16(25)10-12(18)11(17(26)22-8-6-2)14(20)15(13(10)19)23(4)9(3)24/h5-6H,1-2,7-8H2,3-4H3,(H,21,25)(H,22,26). The lowest BCUT2D eigenvalue weighted by Crippen LogP contribution is -2.32. The highest BCUT2D eigenvalue weighted by Crippen LogP contribution is 2.37. The third-order valence-corrected chi connectivity index (χ3v) is 6.55. The van der Waals surface area contributed by atoms with Crippen LogP contribution in [-0.2, 0) is 4.79 Å². The Labute approximate surface area is 193 Å². The van der Waals surface area contributed by atoms with Gasteiger partial charge in [-0.1, -0.05) is 12.2 Å². The fraction of sp³-hybridized carbons (Fsp3) is 0.235. The molecule has 0 saturated heterocycles. The van der Waals surface area contributed by atoms with Gasteiger partial charge in [0, 0.05) is 30.6 Å². The second kappa shape index (κ2) is 10.6. The summed E-state index contributed by atoms with van der Waals surface area (Å²) in [5, 5.41) is 5.47. The molecule has 140 valence electrons. The van der Waals surface area contributed by atoms with Crippen molar-refractivity contribution in [2.75, 3.05) is 25.0 Å². The van der Waals surface area contributed by atoms with Crippen molar-refractivity contribution in [3.8, 4) is 0 Å². The van der Waals surface area contributed by atoms with E-state index < -0.39 is 0 Å². The first-order valence-corrected chi connectivity index (χ1v) is 10.7. The number of carbonyl (C=O) groups excluding carboxylic acids is 3. The molecule has 0 saturated carbocycles. The van der Waals surface area contributed by atoms with Gasteiger partial charge in [-0.3, -0.25) is 14.4 Å². The van der Waals surface area contributed by atoms with Crippen LogP contribution in [0.15, 0.2) is 25.3 Å². The maximum Gasteiger partial charge on any atom is 0.253 e. The number of anilines is 1. The number of nitrogens with zero attached hydrogens (tertiary/aromatic N) is 1. The maximum absolute atomic E-state index is 12.7. The second-order valence-electron chi connectivity index (χ2n) is 5.12. The summed E-state index contributed by atoms with van der Waals surface area (Å²) in [5.74, 6) is -0.853. The molecule has 0 aromatic heterocycles. The summed E-state index contributed by atoms with van der Waals surface area (Å²) in [5.41, 5.74) is 1.26. The van der Waals surface area contributed by atoms with E-state index in [-0.39, 0.29) is 17.7 Å². The van der Waals surface area contributed by atoms with Gasteiger partial charge >= 0.3 is 0 Å². The molecule has 0 aliphatic rings. The summed E-state index contributed by atoms with van der Waals surface area (Å²) in [6, 6.07) is 0. The lowest BCUT2D eigenvalue weighted by atomic mass is 10.1. The molecule has 1 aromatic rings. The zero-order valence-corrected chi connectivity index (χ0v) is 20.8. The quantitative estimate of drug-likeness (QED) is 0.340. The van der Waals surface area contributed by atoms with Gasteiger partial charge in [-0.2, -0.15) is 0 Å². The minimum Gasteiger partial charge on any atom is -0.349 e. The summed E-state index contributed by atoms with van der Waals surface area (Å²) in [7, 11) is 1.62. The molecule has 0 bridgehead atoms. The predicted octanol–water partition coefficient (Wildman–Crippen LogP) is 3.31. The molecule has 6 nitrogen and oxygen atoms in total. The average molecular weight is 693 g/mol. The van der Waals surface area contributed by atoms with E-state index >= 15 is 0 Å². The van der Waals surface area contributed by atoms with Crippen molar-refractivity contribution in [1.82, 2.24) is 10.6 Å². The molecule has 1 rings (SSSR count). The van der Waals surface area contributed by atoms with Gasteiger partial charge in [0.15, 0.2) is 0 Å². The Balaban J connectivity index is 3.73. The molecule has 0 unspecified atom stereocenters. The van der Waals surface area contributed by atoms with E-state index in [9.17, 15) is 14.4 Å². The molecule has 3 amide bonds. The van der Waals surface area contributed by atoms with Gasteiger partial charge in [-0.15, -0.1) is 13.2 Å². The van der Waals surface area contributed by atoms with Crippen molar-refractivity contribution >= 4 is 91.2 Å². The van der Waals surface area contributed by atoms with Crippen LogP contribution in [0.4, 0.5) is 5.69 Å². The first-order chi connectivity index (χ1) is 12.2. The third-order valence-electron chi connectivity index (χ3n) is 3.37. The van der Waals surface area contributed by atoms with E-state index in [4.69, 9.17) is 0 Å². The van der Waals surface area contributed by atoms with E-state index in [1.54, 1.807) is 19.2 Å². The Hall–Kier alpha value is -0.700. The first-order valence-electron chi connectivity index (χ1n) is 7.41. The molecule has 0 fully saturated rings. The first kappa shape index (κ1) is 23.3. The van der Waals surface area contributed by atoms with Crippen molar-refractivity contribution in [3.05, 3.63) is 47.1 Å². The number of nitrogens with one attached hydrogen (secondary N) is 2. The van der Waals surface area contributed by atoms with E-state index in [0.717, 1.165) is 0 Å². The van der Waals surface area contributed by atoms with Gasteiger partial charge < -0.3 is 15.5 Å². The van der Waals surface area contributed by atoms with Crippen LogP contribution in [0.1, 0.15) is 27.6 Å². The Bertz CT molecular complexity index is 727. The number of amides is 3. The summed E-state index contributed by atoms with van der Waals surface area (Å²) in [4.78, 5) is 38.7. The van der Waals surface area contributed by atoms with Crippen LogP contribution in [0.2, 0.25) is 0 Å². The Morgan fingerprint density at radius 2 is 1.31 bits per heavy atom. The van der Waals surface area contributed by atoms with Crippen molar-refractivity contribution < 1.29 is 14.4 Å². The van der Waals surface area contributed by atoms with Gasteiger partial charge in [-0.05, 0) is 67.8 Å². The summed E-state index contributed by atoms with van der Waals surface area (Å²) in [6.07, 6.45) is 3.15. The largest absolute Gasteiger partial charge is 0.349 e. The highest BCUT2D eigenvalue weighted by molar-refractivity contribution is 14.1. The highest BCUT2D eigenvalue weighted by Gasteiger charge is 2.29. The molecule has 0 radical (unpaired) electrons. The number of carbonyl (C=O) groups is 3. The smallest absolute Gasteiger partial charge is 0.253 e. The third kappa shape index (κ3) is 5.18. The molecule has 2 N–H and O–H groups in total. The molecule has 0 aliphatic carbocycles. The molecule has 1 aromatic carbocycles. The lowest BCUT2D eigenvalue weighted by Gasteiger charge is -2.24. The van der Waals surface area contributed by atoms with E-state index in [1.165, 1.54) is 11.8 Å². The van der Waals surface area contributed by atoms with Gasteiger partial charge in [0.25, 0.3) is 11.8 Å². The predicted molar refractivity (Wildman–Crippen MR) is 129 cm³/mol. The fourth-order valence-electron chi connectivity index (χ4n) is 2.01. The van der Waals surface area contributed by atoms with Crippen LogP contribution in [0, 0.1) is 10.7 Å². The van der Waals surface area contributed by atoms with E-state index in [1.807, 2.05) is 67.8 Å². The van der Waals surface area contributed by atoms with Gasteiger partial charge in [0.1, 0.15) is 0 Å². The number of hydrogen-bond acceptors (Lipinski definition) is 3. The van der Waals surface area contributed by atoms with Crippen molar-refractivity contribution in [2.24, 2.45) is 0 Å². The van der Waals surface area contributed by atoms with Gasteiger partial charge in [0.2, 0.25) is 5.91 Å². The van der Waals surface area contributed by atoms with Crippen LogP contribution in [-0.4, -0.2) is 37.9 Å². The van der Waals surface area contributed by atoms with Gasteiger partial charge in [-0.25, -0.2) is 0 Å². The molecule has 0 aliphatic heterocycles. The van der Waals surface area contributed by atoms with Crippen LogP contribution in [0.5, 0.6) is 0 Å². The lowest BCUT2D eigenvalue weighted by molar-refractivity contribution is -0.116. The minimum absolute atomic E-state index is 0.197. The molecule has 0 atom stereocenters. The maximum atomic E-state index is 12.7. The average Bonchev–Trinajstić information content (AvgIpc) is 2.57.